The van der Waals surface area contributed by atoms with Gasteiger partial charge in [-0.15, -0.1) is 11.3 Å². The third-order valence-corrected chi connectivity index (χ3v) is 3.99. The van der Waals surface area contributed by atoms with Crippen LogP contribution in [-0.4, -0.2) is 30.9 Å². The van der Waals surface area contributed by atoms with Gasteiger partial charge in [-0.05, 0) is 36.6 Å². The number of benzene rings is 1. The van der Waals surface area contributed by atoms with E-state index >= 15 is 0 Å². The molecule has 0 amide bonds. The number of aliphatic imine (C=N–C) groups is 1. The average Bonchev–Trinajstić information content (AvgIpc) is 2.81. The Morgan fingerprint density at radius 3 is 2.94 bits per heavy atom. The van der Waals surface area contributed by atoms with Gasteiger partial charge in [0.15, 0.2) is 0 Å². The van der Waals surface area contributed by atoms with Crippen molar-refractivity contribution in [2.45, 2.75) is 6.92 Å². The highest BCUT2D eigenvalue weighted by Gasteiger charge is 2.14. The van der Waals surface area contributed by atoms with Crippen LogP contribution in [0.1, 0.15) is 10.4 Å². The van der Waals surface area contributed by atoms with Crippen LogP contribution in [0.5, 0.6) is 0 Å². The molecule has 0 aliphatic carbocycles. The van der Waals surface area contributed by atoms with Crippen molar-refractivity contribution in [3.05, 3.63) is 34.7 Å². The van der Waals surface area contributed by atoms with Crippen molar-refractivity contribution in [1.29, 1.82) is 0 Å². The highest BCUT2D eigenvalue weighted by atomic mass is 32.1. The fraction of sp³-hybridized carbons (Fsp3) is 0.308. The van der Waals surface area contributed by atoms with Gasteiger partial charge < -0.3 is 4.90 Å². The van der Waals surface area contributed by atoms with Gasteiger partial charge in [0.2, 0.25) is 0 Å². The summed E-state index contributed by atoms with van der Waals surface area (Å²) in [5, 5.41) is 1.34. The molecule has 2 heterocycles. The molecule has 0 saturated heterocycles. The molecule has 1 aromatic carbocycles. The molecule has 0 spiro atoms. The summed E-state index contributed by atoms with van der Waals surface area (Å²) in [6, 6.07) is 8.88. The molecule has 1 aliphatic rings. The lowest BCUT2D eigenvalue weighted by Gasteiger charge is -2.13. The molecule has 0 unspecified atom stereocenters. The zero-order chi connectivity index (χ0) is 11.1. The largest absolute Gasteiger partial charge is 0.358 e. The molecule has 0 radical (unpaired) electrons. The summed E-state index contributed by atoms with van der Waals surface area (Å²) in [5.41, 5.74) is 1.24. The molecule has 0 bridgehead atoms. The monoisotopic (exact) mass is 230 g/mol. The lowest BCUT2D eigenvalue weighted by molar-refractivity contribution is 0.557. The van der Waals surface area contributed by atoms with Crippen molar-refractivity contribution in [1.82, 2.24) is 4.90 Å². The topological polar surface area (TPSA) is 15.6 Å². The smallest absolute Gasteiger partial charge is 0.130 e. The van der Waals surface area contributed by atoms with Crippen molar-refractivity contribution in [2.24, 2.45) is 4.99 Å². The molecule has 1 aromatic heterocycles. The summed E-state index contributed by atoms with van der Waals surface area (Å²) < 4.78 is 1.36. The fourth-order valence-electron chi connectivity index (χ4n) is 2.16. The molecular formula is C13H14N2S. The van der Waals surface area contributed by atoms with Gasteiger partial charge >= 0.3 is 0 Å². The number of fused-ring (bicyclic) bond motifs is 1. The Hall–Kier alpha value is -1.35. The number of thiophene rings is 1. The normalized spacial score (nSPS) is 15.9. The van der Waals surface area contributed by atoms with E-state index in [0.717, 1.165) is 18.9 Å². The molecule has 2 nitrogen and oxygen atoms in total. The van der Waals surface area contributed by atoms with Crippen LogP contribution in [0.4, 0.5) is 0 Å². The number of amidine groups is 1. The number of hydrogen-bond donors (Lipinski definition) is 0. The minimum absolute atomic E-state index is 0.923. The van der Waals surface area contributed by atoms with E-state index in [1.807, 2.05) is 11.3 Å². The SMILES string of the molecule is Cc1cc2cc(C3=NCCN3C)ccc2s1. The van der Waals surface area contributed by atoms with Crippen molar-refractivity contribution in [2.75, 3.05) is 20.1 Å². The van der Waals surface area contributed by atoms with Crippen LogP contribution in [0.3, 0.4) is 0 Å². The molecule has 2 aromatic rings. The lowest BCUT2D eigenvalue weighted by atomic mass is 10.1. The van der Waals surface area contributed by atoms with Gasteiger partial charge in [0.1, 0.15) is 5.84 Å². The predicted molar refractivity (Wildman–Crippen MR) is 70.6 cm³/mol. The Labute approximate surface area is 99.2 Å². The molecule has 0 N–H and O–H groups in total. The predicted octanol–water partition coefficient (Wildman–Crippen LogP) is 2.90. The standard InChI is InChI=1S/C13H14N2S/c1-9-7-11-8-10(3-4-12(11)16-9)13-14-5-6-15(13)2/h3-4,7-8H,5-6H2,1-2H3. The first-order valence-corrected chi connectivity index (χ1v) is 6.32. The van der Waals surface area contributed by atoms with E-state index < -0.39 is 0 Å². The van der Waals surface area contributed by atoms with Crippen molar-refractivity contribution in [3.63, 3.8) is 0 Å². The zero-order valence-corrected chi connectivity index (χ0v) is 10.3. The Morgan fingerprint density at radius 2 is 2.19 bits per heavy atom. The Balaban J connectivity index is 2.11. The third kappa shape index (κ3) is 1.52. The van der Waals surface area contributed by atoms with Crippen LogP contribution in [0.25, 0.3) is 10.1 Å². The summed E-state index contributed by atoms with van der Waals surface area (Å²) in [7, 11) is 2.11. The number of rotatable bonds is 1. The molecule has 16 heavy (non-hydrogen) atoms. The molecule has 3 heteroatoms. The maximum Gasteiger partial charge on any atom is 0.130 e. The van der Waals surface area contributed by atoms with E-state index in [-0.39, 0.29) is 0 Å². The average molecular weight is 230 g/mol. The first-order valence-electron chi connectivity index (χ1n) is 5.50. The van der Waals surface area contributed by atoms with Crippen molar-refractivity contribution < 1.29 is 0 Å². The van der Waals surface area contributed by atoms with E-state index in [1.165, 1.54) is 20.5 Å². The fourth-order valence-corrected chi connectivity index (χ4v) is 3.06. The first kappa shape index (κ1) is 9.85. The number of likely N-dealkylation sites (N-methyl/N-ethyl adjacent to an activating group) is 1. The second-order valence-electron chi connectivity index (χ2n) is 4.24. The zero-order valence-electron chi connectivity index (χ0n) is 9.53. The Bertz CT molecular complexity index is 568. The van der Waals surface area contributed by atoms with Crippen LogP contribution >= 0.6 is 11.3 Å². The summed E-state index contributed by atoms with van der Waals surface area (Å²) in [5.74, 6) is 1.13. The van der Waals surface area contributed by atoms with E-state index in [1.54, 1.807) is 0 Å². The van der Waals surface area contributed by atoms with Crippen LogP contribution in [0.15, 0.2) is 29.3 Å². The molecule has 0 atom stereocenters. The maximum absolute atomic E-state index is 4.55. The summed E-state index contributed by atoms with van der Waals surface area (Å²) in [4.78, 5) is 8.14. The van der Waals surface area contributed by atoms with Gasteiger partial charge in [0, 0.05) is 28.7 Å². The van der Waals surface area contributed by atoms with Crippen LogP contribution < -0.4 is 0 Å². The van der Waals surface area contributed by atoms with E-state index in [9.17, 15) is 0 Å². The summed E-state index contributed by atoms with van der Waals surface area (Å²) in [6.45, 7) is 4.12. The van der Waals surface area contributed by atoms with Gasteiger partial charge in [0.05, 0.1) is 6.54 Å². The van der Waals surface area contributed by atoms with E-state index in [4.69, 9.17) is 0 Å². The molecule has 82 valence electrons. The van der Waals surface area contributed by atoms with Gasteiger partial charge in [-0.3, -0.25) is 4.99 Å². The molecule has 1 aliphatic heterocycles. The summed E-state index contributed by atoms with van der Waals surface area (Å²) >= 11 is 1.85. The van der Waals surface area contributed by atoms with Crippen LogP contribution in [-0.2, 0) is 0 Å². The van der Waals surface area contributed by atoms with Gasteiger partial charge in [-0.1, -0.05) is 0 Å². The maximum atomic E-state index is 4.55. The second-order valence-corrected chi connectivity index (χ2v) is 5.52. The molecule has 3 rings (SSSR count). The molecule has 0 fully saturated rings. The first-order chi connectivity index (χ1) is 7.74. The molecular weight excluding hydrogens is 216 g/mol. The Morgan fingerprint density at radius 1 is 1.31 bits per heavy atom. The van der Waals surface area contributed by atoms with Crippen molar-refractivity contribution in [3.8, 4) is 0 Å². The highest BCUT2D eigenvalue weighted by molar-refractivity contribution is 7.19. The summed E-state index contributed by atoms with van der Waals surface area (Å²) in [6.07, 6.45) is 0. The van der Waals surface area contributed by atoms with Gasteiger partial charge in [0.25, 0.3) is 0 Å². The van der Waals surface area contributed by atoms with E-state index in [2.05, 4.69) is 48.1 Å². The van der Waals surface area contributed by atoms with Crippen molar-refractivity contribution >= 4 is 27.3 Å². The van der Waals surface area contributed by atoms with Gasteiger partial charge in [-0.25, -0.2) is 0 Å². The minimum Gasteiger partial charge on any atom is -0.358 e. The number of hydrogen-bond acceptors (Lipinski definition) is 3. The van der Waals surface area contributed by atoms with Crippen LogP contribution in [0, 0.1) is 6.92 Å². The molecule has 0 saturated carbocycles. The van der Waals surface area contributed by atoms with Crippen LogP contribution in [0.2, 0.25) is 0 Å². The third-order valence-electron chi connectivity index (χ3n) is 2.96. The Kier molecular flexibility index (Phi) is 2.21. The van der Waals surface area contributed by atoms with E-state index in [0.29, 0.717) is 0 Å². The lowest BCUT2D eigenvalue weighted by Crippen LogP contribution is -2.23. The van der Waals surface area contributed by atoms with Gasteiger partial charge in [-0.2, -0.15) is 0 Å². The minimum atomic E-state index is 0.923. The number of aryl methyl sites for hydroxylation is 1. The number of nitrogens with zero attached hydrogens (tertiary/aromatic N) is 2. The second kappa shape index (κ2) is 3.59. The quantitative estimate of drug-likeness (QED) is 0.735. The highest BCUT2D eigenvalue weighted by Crippen LogP contribution is 2.26.